The van der Waals surface area contributed by atoms with Crippen molar-refractivity contribution in [3.63, 3.8) is 0 Å². The van der Waals surface area contributed by atoms with Crippen LogP contribution in [0.4, 0.5) is 13.2 Å². The predicted molar refractivity (Wildman–Crippen MR) is 110 cm³/mol. The summed E-state index contributed by atoms with van der Waals surface area (Å²) in [6, 6.07) is 12.1. The zero-order valence-corrected chi connectivity index (χ0v) is 17.3. The number of hydrogen-bond donors (Lipinski definition) is 1. The van der Waals surface area contributed by atoms with Crippen molar-refractivity contribution in [1.82, 2.24) is 9.21 Å². The van der Waals surface area contributed by atoms with Gasteiger partial charge < -0.3 is 14.7 Å². The van der Waals surface area contributed by atoms with Crippen LogP contribution in [-0.4, -0.2) is 59.6 Å². The molecule has 31 heavy (non-hydrogen) atoms. The normalized spacial score (nSPS) is 17.4. The number of nitrogens with zero attached hydrogens (tertiary/aromatic N) is 2. The molecule has 0 spiro atoms. The standard InChI is InChI=1S/C22H21F3N2O3S/c23-17-3-1-14(2-4-17)20(13-28)21(29)26-9-15(10-26)16-11-27(12-16)31-19-7-5-18(6-8-19)30-22(24)25/h1-8,20,22,28H,9-13H2. The number of rotatable bonds is 7. The Morgan fingerprint density at radius 3 is 2.19 bits per heavy atom. The highest BCUT2D eigenvalue weighted by atomic mass is 32.2. The Bertz CT molecular complexity index is 951. The number of carbonyl (C=O) groups excluding carboxylic acids is 1. The molecule has 1 amide bonds. The lowest BCUT2D eigenvalue weighted by atomic mass is 9.92. The molecule has 2 heterocycles. The molecule has 164 valence electrons. The quantitative estimate of drug-likeness (QED) is 0.516. The summed E-state index contributed by atoms with van der Waals surface area (Å²) in [5, 5.41) is 9.65. The van der Waals surface area contributed by atoms with Gasteiger partial charge in [0.15, 0.2) is 0 Å². The molecule has 9 heteroatoms. The highest BCUT2D eigenvalue weighted by Gasteiger charge is 2.35. The van der Waals surface area contributed by atoms with E-state index in [4.69, 9.17) is 0 Å². The van der Waals surface area contributed by atoms with Crippen molar-refractivity contribution in [3.05, 3.63) is 71.1 Å². The van der Waals surface area contributed by atoms with Crippen LogP contribution in [0.15, 0.2) is 64.6 Å². The minimum Gasteiger partial charge on any atom is -0.435 e. The fourth-order valence-electron chi connectivity index (χ4n) is 3.53. The van der Waals surface area contributed by atoms with Crippen LogP contribution in [-0.2, 0) is 4.79 Å². The van der Waals surface area contributed by atoms with Gasteiger partial charge in [0.1, 0.15) is 11.6 Å². The highest BCUT2D eigenvalue weighted by molar-refractivity contribution is 7.97. The average Bonchev–Trinajstić information content (AvgIpc) is 2.67. The van der Waals surface area contributed by atoms with E-state index in [0.29, 0.717) is 18.7 Å². The smallest absolute Gasteiger partial charge is 0.387 e. The van der Waals surface area contributed by atoms with E-state index in [-0.39, 0.29) is 24.1 Å². The third-order valence-corrected chi connectivity index (χ3v) is 6.35. The molecular formula is C22H21F3N2O3S. The third kappa shape index (κ3) is 5.06. The van der Waals surface area contributed by atoms with Crippen molar-refractivity contribution in [3.8, 4) is 5.75 Å². The molecule has 1 unspecified atom stereocenters. The van der Waals surface area contributed by atoms with Crippen LogP contribution in [0.3, 0.4) is 0 Å². The van der Waals surface area contributed by atoms with Crippen molar-refractivity contribution in [1.29, 1.82) is 0 Å². The van der Waals surface area contributed by atoms with E-state index in [9.17, 15) is 23.1 Å². The second-order valence-corrected chi connectivity index (χ2v) is 8.60. The van der Waals surface area contributed by atoms with Gasteiger partial charge in [-0.2, -0.15) is 8.78 Å². The Hall–Kier alpha value is -2.49. The van der Waals surface area contributed by atoms with Crippen LogP contribution < -0.4 is 4.74 Å². The van der Waals surface area contributed by atoms with Crippen molar-refractivity contribution >= 4 is 17.9 Å². The molecule has 2 aliphatic heterocycles. The van der Waals surface area contributed by atoms with Gasteiger partial charge in [0.25, 0.3) is 0 Å². The number of benzene rings is 2. The first-order valence-corrected chi connectivity index (χ1v) is 10.5. The Morgan fingerprint density at radius 2 is 1.61 bits per heavy atom. The summed E-state index contributed by atoms with van der Waals surface area (Å²) < 4.78 is 44.0. The number of likely N-dealkylation sites (tertiary alicyclic amines) is 1. The maximum absolute atomic E-state index is 13.1. The number of aliphatic hydroxyl groups excluding tert-OH is 1. The summed E-state index contributed by atoms with van der Waals surface area (Å²) in [5.41, 5.74) is 3.12. The van der Waals surface area contributed by atoms with E-state index in [0.717, 1.165) is 18.0 Å². The molecule has 4 rings (SSSR count). The van der Waals surface area contributed by atoms with Gasteiger partial charge >= 0.3 is 6.61 Å². The average molecular weight is 450 g/mol. The summed E-state index contributed by atoms with van der Waals surface area (Å²) in [7, 11) is 0. The van der Waals surface area contributed by atoms with Gasteiger partial charge in [-0.3, -0.25) is 4.79 Å². The first-order chi connectivity index (χ1) is 14.9. The lowest BCUT2D eigenvalue weighted by molar-refractivity contribution is -0.135. The van der Waals surface area contributed by atoms with E-state index in [2.05, 4.69) is 9.04 Å². The molecule has 5 nitrogen and oxygen atoms in total. The number of amides is 1. The number of aliphatic hydroxyl groups is 1. The zero-order valence-electron chi connectivity index (χ0n) is 16.5. The van der Waals surface area contributed by atoms with Crippen LogP contribution in [0, 0.1) is 5.82 Å². The number of carbonyl (C=O) groups is 1. The number of ether oxygens (including phenoxy) is 1. The Kier molecular flexibility index (Phi) is 6.54. The molecule has 2 aliphatic rings. The van der Waals surface area contributed by atoms with E-state index in [1.807, 2.05) is 0 Å². The van der Waals surface area contributed by atoms with Crippen LogP contribution >= 0.6 is 11.9 Å². The molecule has 2 aromatic carbocycles. The van der Waals surface area contributed by atoms with Gasteiger partial charge in [-0.1, -0.05) is 12.1 Å². The van der Waals surface area contributed by atoms with Crippen molar-refractivity contribution in [2.45, 2.75) is 17.4 Å². The molecule has 0 aliphatic carbocycles. The molecule has 2 saturated heterocycles. The van der Waals surface area contributed by atoms with Crippen LogP contribution in [0.25, 0.3) is 0 Å². The topological polar surface area (TPSA) is 53.0 Å². The van der Waals surface area contributed by atoms with E-state index >= 15 is 0 Å². The van der Waals surface area contributed by atoms with Gasteiger partial charge in [-0.25, -0.2) is 8.70 Å². The lowest BCUT2D eigenvalue weighted by Crippen LogP contribution is -2.50. The number of alkyl halides is 2. The SMILES string of the molecule is O=C(C(CO)c1ccc(F)cc1)N1CC(=C2CN(Sc3ccc(OC(F)F)cc3)C2)C1. The molecule has 1 atom stereocenters. The Labute approximate surface area is 182 Å². The van der Waals surface area contributed by atoms with Gasteiger partial charge in [-0.15, -0.1) is 0 Å². The Morgan fingerprint density at radius 1 is 1.00 bits per heavy atom. The minimum absolute atomic E-state index is 0.131. The van der Waals surface area contributed by atoms with Gasteiger partial charge in [0.05, 0.1) is 12.5 Å². The van der Waals surface area contributed by atoms with Crippen LogP contribution in [0.5, 0.6) is 5.75 Å². The summed E-state index contributed by atoms with van der Waals surface area (Å²) in [6.07, 6.45) is 0. The minimum atomic E-state index is -2.83. The molecule has 2 aromatic rings. The summed E-state index contributed by atoms with van der Waals surface area (Å²) in [5.74, 6) is -1.09. The maximum Gasteiger partial charge on any atom is 0.387 e. The van der Waals surface area contributed by atoms with E-state index < -0.39 is 12.5 Å². The van der Waals surface area contributed by atoms with Crippen LogP contribution in [0.1, 0.15) is 11.5 Å². The fraction of sp³-hybridized carbons (Fsp3) is 0.318. The summed E-state index contributed by atoms with van der Waals surface area (Å²) in [6.45, 7) is -0.510. The summed E-state index contributed by atoms with van der Waals surface area (Å²) >= 11 is 1.54. The lowest BCUT2D eigenvalue weighted by Gasteiger charge is -2.42. The molecule has 0 saturated carbocycles. The van der Waals surface area contributed by atoms with Crippen molar-refractivity contribution in [2.75, 3.05) is 32.8 Å². The fourth-order valence-corrected chi connectivity index (χ4v) is 4.53. The number of hydrogen-bond acceptors (Lipinski definition) is 5. The first-order valence-electron chi connectivity index (χ1n) is 9.75. The van der Waals surface area contributed by atoms with Gasteiger partial charge in [0, 0.05) is 31.1 Å². The zero-order chi connectivity index (χ0) is 22.0. The first kappa shape index (κ1) is 21.7. The van der Waals surface area contributed by atoms with Gasteiger partial charge in [0.2, 0.25) is 5.91 Å². The second kappa shape index (κ2) is 9.33. The monoisotopic (exact) mass is 450 g/mol. The predicted octanol–water partition coefficient (Wildman–Crippen LogP) is 3.66. The van der Waals surface area contributed by atoms with Crippen molar-refractivity contribution in [2.24, 2.45) is 0 Å². The highest BCUT2D eigenvalue weighted by Crippen LogP contribution is 2.35. The summed E-state index contributed by atoms with van der Waals surface area (Å²) in [4.78, 5) is 15.3. The molecule has 0 radical (unpaired) electrons. The maximum atomic E-state index is 13.1. The molecule has 1 N–H and O–H groups in total. The van der Waals surface area contributed by atoms with Gasteiger partial charge in [-0.05, 0) is 65.1 Å². The van der Waals surface area contributed by atoms with Crippen LogP contribution in [0.2, 0.25) is 0 Å². The molecular weight excluding hydrogens is 429 g/mol. The van der Waals surface area contributed by atoms with Crippen molar-refractivity contribution < 1.29 is 27.8 Å². The second-order valence-electron chi connectivity index (χ2n) is 7.43. The number of halogens is 3. The third-order valence-electron chi connectivity index (χ3n) is 5.35. The molecule has 0 bridgehead atoms. The Balaban J connectivity index is 1.26. The molecule has 2 fully saturated rings. The van der Waals surface area contributed by atoms with E-state index in [1.165, 1.54) is 59.5 Å². The van der Waals surface area contributed by atoms with E-state index in [1.54, 1.807) is 17.0 Å². The molecule has 0 aromatic heterocycles. The largest absolute Gasteiger partial charge is 0.435 e.